The predicted molar refractivity (Wildman–Crippen MR) is 73.7 cm³/mol. The highest BCUT2D eigenvalue weighted by molar-refractivity contribution is 5.79. The molecule has 4 nitrogen and oxygen atoms in total. The van der Waals surface area contributed by atoms with Crippen molar-refractivity contribution in [2.24, 2.45) is 11.7 Å². The van der Waals surface area contributed by atoms with Crippen LogP contribution < -0.4 is 5.73 Å². The highest BCUT2D eigenvalue weighted by atomic mass is 19.4. The Morgan fingerprint density at radius 2 is 2.14 bits per heavy atom. The molecule has 0 spiro atoms. The third-order valence-corrected chi connectivity index (χ3v) is 4.50. The number of hydrogen-bond acceptors (Lipinski definition) is 3. The molecule has 2 aliphatic rings. The average Bonchev–Trinajstić information content (AvgIpc) is 2.91. The van der Waals surface area contributed by atoms with Crippen LogP contribution in [0, 0.1) is 5.92 Å². The number of nitrogens with two attached hydrogens (primary N) is 1. The van der Waals surface area contributed by atoms with Gasteiger partial charge in [0.05, 0.1) is 5.56 Å². The molecule has 2 N–H and O–H groups in total. The molecular weight excluding hydrogens is 295 g/mol. The summed E-state index contributed by atoms with van der Waals surface area (Å²) in [7, 11) is 0. The van der Waals surface area contributed by atoms with Crippen LogP contribution in [0.3, 0.4) is 0 Å². The Labute approximate surface area is 126 Å². The summed E-state index contributed by atoms with van der Waals surface area (Å²) in [5.74, 6) is -0.0775. The van der Waals surface area contributed by atoms with E-state index in [4.69, 9.17) is 5.73 Å². The van der Waals surface area contributed by atoms with E-state index >= 15 is 0 Å². The number of halogens is 3. The SMILES string of the molecule is N[C@@H]1CC[C@H](C(=O)N2CCc3ncc(C(F)(F)F)cc3C2)C1. The zero-order chi connectivity index (χ0) is 15.9. The lowest BCUT2D eigenvalue weighted by Crippen LogP contribution is -2.40. The molecule has 1 aliphatic carbocycles. The third-order valence-electron chi connectivity index (χ3n) is 4.50. The van der Waals surface area contributed by atoms with Crippen molar-refractivity contribution in [3.63, 3.8) is 0 Å². The molecule has 2 atom stereocenters. The van der Waals surface area contributed by atoms with Gasteiger partial charge in [0.2, 0.25) is 5.91 Å². The first-order valence-electron chi connectivity index (χ1n) is 7.44. The van der Waals surface area contributed by atoms with Crippen molar-refractivity contribution in [3.05, 3.63) is 29.1 Å². The maximum absolute atomic E-state index is 12.8. The molecule has 1 fully saturated rings. The van der Waals surface area contributed by atoms with Crippen LogP contribution in [0.1, 0.15) is 36.1 Å². The molecule has 1 aliphatic heterocycles. The van der Waals surface area contributed by atoms with Gasteiger partial charge in [-0.05, 0) is 30.9 Å². The maximum Gasteiger partial charge on any atom is 0.417 e. The quantitative estimate of drug-likeness (QED) is 0.864. The number of amides is 1. The fourth-order valence-corrected chi connectivity index (χ4v) is 3.27. The standard InChI is InChI=1S/C15H18F3N3O/c16-15(17,18)11-5-10-8-21(4-3-13(10)20-7-11)14(22)9-1-2-12(19)6-9/h5,7,9,12H,1-4,6,8,19H2/t9-,12+/m0/s1. The van der Waals surface area contributed by atoms with E-state index in [9.17, 15) is 18.0 Å². The Bertz CT molecular complexity index is 588. The number of aromatic nitrogens is 1. The van der Waals surface area contributed by atoms with Gasteiger partial charge in [-0.3, -0.25) is 9.78 Å². The van der Waals surface area contributed by atoms with Crippen molar-refractivity contribution in [1.82, 2.24) is 9.88 Å². The molecule has 2 heterocycles. The number of rotatable bonds is 1. The van der Waals surface area contributed by atoms with Gasteiger partial charge in [-0.25, -0.2) is 0 Å². The smallest absolute Gasteiger partial charge is 0.338 e. The lowest BCUT2D eigenvalue weighted by molar-refractivity contribution is -0.137. The minimum Gasteiger partial charge on any atom is -0.338 e. The molecule has 1 amide bonds. The van der Waals surface area contributed by atoms with E-state index in [0.29, 0.717) is 30.6 Å². The number of hydrogen-bond donors (Lipinski definition) is 1. The van der Waals surface area contributed by atoms with Gasteiger partial charge in [0, 0.05) is 43.4 Å². The van der Waals surface area contributed by atoms with Gasteiger partial charge in [-0.2, -0.15) is 13.2 Å². The summed E-state index contributed by atoms with van der Waals surface area (Å²) in [4.78, 5) is 18.0. The Hall–Kier alpha value is -1.63. The minimum atomic E-state index is -4.41. The molecular formula is C15H18F3N3O. The molecule has 1 aromatic rings. The second-order valence-electron chi connectivity index (χ2n) is 6.11. The summed E-state index contributed by atoms with van der Waals surface area (Å²) >= 11 is 0. The van der Waals surface area contributed by atoms with Crippen molar-refractivity contribution in [2.45, 2.75) is 44.4 Å². The van der Waals surface area contributed by atoms with Gasteiger partial charge in [-0.15, -0.1) is 0 Å². The van der Waals surface area contributed by atoms with Crippen LogP contribution in [-0.2, 0) is 23.9 Å². The fourth-order valence-electron chi connectivity index (χ4n) is 3.27. The van der Waals surface area contributed by atoms with Gasteiger partial charge in [0.1, 0.15) is 0 Å². The molecule has 120 valence electrons. The molecule has 1 saturated carbocycles. The topological polar surface area (TPSA) is 59.2 Å². The van der Waals surface area contributed by atoms with Crippen LogP contribution in [-0.4, -0.2) is 28.4 Å². The molecule has 0 radical (unpaired) electrons. The predicted octanol–water partition coefficient (Wildman–Crippen LogP) is 2.11. The number of pyridine rings is 1. The summed E-state index contributed by atoms with van der Waals surface area (Å²) in [5.41, 5.74) is 6.22. The molecule has 1 aromatic heterocycles. The van der Waals surface area contributed by atoms with Crippen LogP contribution in [0.2, 0.25) is 0 Å². The molecule has 0 bridgehead atoms. The second kappa shape index (κ2) is 5.53. The molecule has 22 heavy (non-hydrogen) atoms. The zero-order valence-corrected chi connectivity index (χ0v) is 12.1. The van der Waals surface area contributed by atoms with Crippen LogP contribution in [0.4, 0.5) is 13.2 Å². The number of carbonyl (C=O) groups is 1. The normalized spacial score (nSPS) is 25.2. The highest BCUT2D eigenvalue weighted by Gasteiger charge is 2.35. The maximum atomic E-state index is 12.8. The van der Waals surface area contributed by atoms with Gasteiger partial charge >= 0.3 is 6.18 Å². The van der Waals surface area contributed by atoms with Gasteiger partial charge in [0.15, 0.2) is 0 Å². The van der Waals surface area contributed by atoms with E-state index in [0.717, 1.165) is 25.1 Å². The summed E-state index contributed by atoms with van der Waals surface area (Å²) in [6.45, 7) is 0.715. The zero-order valence-electron chi connectivity index (χ0n) is 12.1. The number of alkyl halides is 3. The van der Waals surface area contributed by atoms with Gasteiger partial charge in [0.25, 0.3) is 0 Å². The third kappa shape index (κ3) is 2.95. The van der Waals surface area contributed by atoms with E-state index in [2.05, 4.69) is 4.98 Å². The lowest BCUT2D eigenvalue weighted by Gasteiger charge is -2.30. The van der Waals surface area contributed by atoms with Gasteiger partial charge < -0.3 is 10.6 Å². The Morgan fingerprint density at radius 3 is 2.77 bits per heavy atom. The molecule has 7 heteroatoms. The van der Waals surface area contributed by atoms with Gasteiger partial charge in [-0.1, -0.05) is 0 Å². The van der Waals surface area contributed by atoms with Crippen molar-refractivity contribution in [1.29, 1.82) is 0 Å². The van der Waals surface area contributed by atoms with Crippen LogP contribution in [0.5, 0.6) is 0 Å². The minimum absolute atomic E-state index is 0.0102. The second-order valence-corrected chi connectivity index (χ2v) is 6.11. The van der Waals surface area contributed by atoms with Crippen molar-refractivity contribution >= 4 is 5.91 Å². The van der Waals surface area contributed by atoms with Crippen molar-refractivity contribution in [3.8, 4) is 0 Å². The van der Waals surface area contributed by atoms with Crippen LogP contribution in [0.15, 0.2) is 12.3 Å². The van der Waals surface area contributed by atoms with E-state index in [1.807, 2.05) is 0 Å². The monoisotopic (exact) mass is 313 g/mol. The van der Waals surface area contributed by atoms with E-state index in [-0.39, 0.29) is 24.4 Å². The average molecular weight is 313 g/mol. The first-order valence-corrected chi connectivity index (χ1v) is 7.44. The summed E-state index contributed by atoms with van der Waals surface area (Å²) < 4.78 is 38.3. The summed E-state index contributed by atoms with van der Waals surface area (Å²) in [6, 6.07) is 1.17. The van der Waals surface area contributed by atoms with E-state index in [1.54, 1.807) is 4.90 Å². The first kappa shape index (κ1) is 15.3. The molecule has 3 rings (SSSR count). The summed E-state index contributed by atoms with van der Waals surface area (Å²) in [6.07, 6.45) is -0.773. The van der Waals surface area contributed by atoms with Crippen LogP contribution in [0.25, 0.3) is 0 Å². The first-order chi connectivity index (χ1) is 10.3. The number of nitrogens with zero attached hydrogens (tertiary/aromatic N) is 2. The van der Waals surface area contributed by atoms with E-state index < -0.39 is 11.7 Å². The van der Waals surface area contributed by atoms with Crippen molar-refractivity contribution < 1.29 is 18.0 Å². The fraction of sp³-hybridized carbons (Fsp3) is 0.600. The number of fused-ring (bicyclic) bond motifs is 1. The van der Waals surface area contributed by atoms with E-state index in [1.165, 1.54) is 0 Å². The largest absolute Gasteiger partial charge is 0.417 e. The molecule has 0 unspecified atom stereocenters. The summed E-state index contributed by atoms with van der Waals surface area (Å²) in [5, 5.41) is 0. The van der Waals surface area contributed by atoms with Crippen molar-refractivity contribution in [2.75, 3.05) is 6.54 Å². The highest BCUT2D eigenvalue weighted by Crippen LogP contribution is 2.32. The molecule has 0 aromatic carbocycles. The number of carbonyl (C=O) groups excluding carboxylic acids is 1. The lowest BCUT2D eigenvalue weighted by atomic mass is 10.00. The Morgan fingerprint density at radius 1 is 1.36 bits per heavy atom. The molecule has 0 saturated heterocycles. The Kier molecular flexibility index (Phi) is 3.84. The Balaban J connectivity index is 1.76. The van der Waals surface area contributed by atoms with Crippen LogP contribution >= 0.6 is 0 Å².